The van der Waals surface area contributed by atoms with E-state index in [0.29, 0.717) is 5.13 Å². The Morgan fingerprint density at radius 3 is 2.43 bits per heavy atom. The quantitative estimate of drug-likeness (QED) is 0.525. The minimum Gasteiger partial charge on any atom is -0.298 e. The number of nitrogens with one attached hydrogen (secondary N) is 1. The Morgan fingerprint density at radius 2 is 1.79 bits per heavy atom. The lowest BCUT2D eigenvalue weighted by atomic mass is 9.87. The number of benzene rings is 2. The van der Waals surface area contributed by atoms with Crippen LogP contribution in [0, 0.1) is 13.8 Å². The maximum absolute atomic E-state index is 12.2. The fraction of sp³-hybridized carbons (Fsp3) is 0.250. The van der Waals surface area contributed by atoms with Gasteiger partial charge in [-0.1, -0.05) is 68.8 Å². The van der Waals surface area contributed by atoms with Gasteiger partial charge in [0.1, 0.15) is 0 Å². The number of anilines is 1. The van der Waals surface area contributed by atoms with Gasteiger partial charge in [-0.3, -0.25) is 10.1 Å². The molecule has 0 aliphatic heterocycles. The van der Waals surface area contributed by atoms with Gasteiger partial charge in [-0.2, -0.15) is 0 Å². The standard InChI is InChI=1S/C24H26N2OS/c1-16-6-12-20(17(2)14-16)21-15-28-23(25-21)26-22(27)13-9-18-7-10-19(11-8-18)24(3,4)5/h6-15H,1-5H3,(H,25,26,27)/b13-9+. The Morgan fingerprint density at radius 1 is 1.07 bits per heavy atom. The molecule has 3 rings (SSSR count). The zero-order valence-corrected chi connectivity index (χ0v) is 17.9. The fourth-order valence-corrected chi connectivity index (χ4v) is 3.68. The Bertz CT molecular complexity index is 1010. The minimum absolute atomic E-state index is 0.123. The number of aryl methyl sites for hydroxylation is 2. The van der Waals surface area contributed by atoms with Crippen molar-refractivity contribution in [3.63, 3.8) is 0 Å². The number of aromatic nitrogens is 1. The molecule has 0 saturated heterocycles. The Hall–Kier alpha value is -2.72. The third kappa shape index (κ3) is 4.96. The summed E-state index contributed by atoms with van der Waals surface area (Å²) in [5.74, 6) is -0.179. The van der Waals surface area contributed by atoms with Crippen LogP contribution in [0.2, 0.25) is 0 Å². The van der Waals surface area contributed by atoms with Gasteiger partial charge in [0.15, 0.2) is 5.13 Å². The number of amides is 1. The fourth-order valence-electron chi connectivity index (χ4n) is 2.97. The summed E-state index contributed by atoms with van der Waals surface area (Å²) < 4.78 is 0. The number of hydrogen-bond acceptors (Lipinski definition) is 3. The van der Waals surface area contributed by atoms with E-state index in [1.807, 2.05) is 23.6 Å². The van der Waals surface area contributed by atoms with Crippen LogP contribution < -0.4 is 5.32 Å². The van der Waals surface area contributed by atoms with Gasteiger partial charge >= 0.3 is 0 Å². The zero-order chi connectivity index (χ0) is 20.3. The lowest BCUT2D eigenvalue weighted by Crippen LogP contribution is -2.10. The van der Waals surface area contributed by atoms with Crippen LogP contribution in [0.25, 0.3) is 17.3 Å². The molecule has 2 aromatic carbocycles. The highest BCUT2D eigenvalue weighted by molar-refractivity contribution is 7.14. The van der Waals surface area contributed by atoms with Gasteiger partial charge in [-0.15, -0.1) is 11.3 Å². The molecule has 1 aromatic heterocycles. The average Bonchev–Trinajstić information content (AvgIpc) is 3.07. The summed E-state index contributed by atoms with van der Waals surface area (Å²) in [5.41, 5.74) is 6.79. The smallest absolute Gasteiger partial charge is 0.250 e. The number of carbonyl (C=O) groups is 1. The highest BCUT2D eigenvalue weighted by Gasteiger charge is 2.12. The number of nitrogens with zero attached hydrogens (tertiary/aromatic N) is 1. The summed E-state index contributed by atoms with van der Waals surface area (Å²) in [5, 5.41) is 5.43. The first kappa shape index (κ1) is 20.0. The summed E-state index contributed by atoms with van der Waals surface area (Å²) >= 11 is 1.44. The van der Waals surface area contributed by atoms with Crippen molar-refractivity contribution in [3.8, 4) is 11.3 Å². The molecule has 0 aliphatic rings. The van der Waals surface area contributed by atoms with E-state index in [4.69, 9.17) is 0 Å². The highest BCUT2D eigenvalue weighted by Crippen LogP contribution is 2.28. The molecule has 1 amide bonds. The molecule has 0 radical (unpaired) electrons. The number of thiazole rings is 1. The van der Waals surface area contributed by atoms with Gasteiger partial charge in [0.05, 0.1) is 5.69 Å². The number of hydrogen-bond donors (Lipinski definition) is 1. The van der Waals surface area contributed by atoms with Crippen molar-refractivity contribution in [3.05, 3.63) is 76.2 Å². The second kappa shape index (κ2) is 8.11. The first-order valence-corrected chi connectivity index (χ1v) is 10.2. The SMILES string of the molecule is Cc1ccc(-c2csc(NC(=O)/C=C/c3ccc(C(C)(C)C)cc3)n2)c(C)c1. The lowest BCUT2D eigenvalue weighted by molar-refractivity contribution is -0.111. The summed E-state index contributed by atoms with van der Waals surface area (Å²) in [4.78, 5) is 16.8. The largest absolute Gasteiger partial charge is 0.298 e. The van der Waals surface area contributed by atoms with Crippen molar-refractivity contribution in [1.82, 2.24) is 4.98 Å². The minimum atomic E-state index is -0.179. The molecule has 0 atom stereocenters. The molecule has 0 bridgehead atoms. The summed E-state index contributed by atoms with van der Waals surface area (Å²) in [6, 6.07) is 14.6. The van der Waals surface area contributed by atoms with Crippen LogP contribution in [-0.2, 0) is 10.2 Å². The normalized spacial score (nSPS) is 11.8. The van der Waals surface area contributed by atoms with Crippen LogP contribution in [-0.4, -0.2) is 10.9 Å². The van der Waals surface area contributed by atoms with E-state index in [2.05, 4.69) is 75.3 Å². The second-order valence-corrected chi connectivity index (χ2v) is 8.91. The molecule has 4 heteroatoms. The molecular weight excluding hydrogens is 364 g/mol. The molecule has 3 aromatic rings. The second-order valence-electron chi connectivity index (χ2n) is 8.05. The summed E-state index contributed by atoms with van der Waals surface area (Å²) in [6.07, 6.45) is 3.37. The Labute approximate surface area is 171 Å². The lowest BCUT2D eigenvalue weighted by Gasteiger charge is -2.18. The van der Waals surface area contributed by atoms with Crippen LogP contribution in [0.15, 0.2) is 53.9 Å². The summed E-state index contributed by atoms with van der Waals surface area (Å²) in [6.45, 7) is 10.7. The maximum Gasteiger partial charge on any atom is 0.250 e. The van der Waals surface area contributed by atoms with Crippen molar-refractivity contribution in [2.75, 3.05) is 5.32 Å². The van der Waals surface area contributed by atoms with Gasteiger partial charge < -0.3 is 0 Å². The van der Waals surface area contributed by atoms with E-state index in [1.165, 1.54) is 28.0 Å². The van der Waals surface area contributed by atoms with Crippen LogP contribution in [0.1, 0.15) is 43.0 Å². The van der Waals surface area contributed by atoms with Crippen LogP contribution in [0.3, 0.4) is 0 Å². The van der Waals surface area contributed by atoms with E-state index >= 15 is 0 Å². The molecule has 0 saturated carbocycles. The zero-order valence-electron chi connectivity index (χ0n) is 17.0. The molecule has 1 heterocycles. The molecule has 0 unspecified atom stereocenters. The van der Waals surface area contributed by atoms with Gasteiger partial charge in [-0.05, 0) is 42.0 Å². The predicted octanol–water partition coefficient (Wildman–Crippen LogP) is 6.38. The average molecular weight is 391 g/mol. The van der Waals surface area contributed by atoms with Crippen molar-refractivity contribution < 1.29 is 4.79 Å². The number of rotatable bonds is 4. The first-order chi connectivity index (χ1) is 13.2. The molecule has 0 fully saturated rings. The molecule has 144 valence electrons. The van der Waals surface area contributed by atoms with E-state index in [1.54, 1.807) is 6.08 Å². The predicted molar refractivity (Wildman–Crippen MR) is 120 cm³/mol. The van der Waals surface area contributed by atoms with E-state index in [-0.39, 0.29) is 11.3 Å². The summed E-state index contributed by atoms with van der Waals surface area (Å²) in [7, 11) is 0. The van der Waals surface area contributed by atoms with Gasteiger partial charge in [0.25, 0.3) is 0 Å². The first-order valence-electron chi connectivity index (χ1n) is 9.35. The maximum atomic E-state index is 12.2. The number of carbonyl (C=O) groups excluding carboxylic acids is 1. The molecule has 0 spiro atoms. The molecular formula is C24H26N2OS. The Kier molecular flexibility index (Phi) is 5.80. The van der Waals surface area contributed by atoms with Crippen LogP contribution in [0.4, 0.5) is 5.13 Å². The van der Waals surface area contributed by atoms with Gasteiger partial charge in [0.2, 0.25) is 5.91 Å². The topological polar surface area (TPSA) is 42.0 Å². The van der Waals surface area contributed by atoms with Gasteiger partial charge in [-0.25, -0.2) is 4.98 Å². The van der Waals surface area contributed by atoms with Gasteiger partial charge in [0, 0.05) is 17.0 Å². The molecule has 3 nitrogen and oxygen atoms in total. The van der Waals surface area contributed by atoms with E-state index in [0.717, 1.165) is 16.8 Å². The third-order valence-corrected chi connectivity index (χ3v) is 5.35. The Balaban J connectivity index is 1.65. The molecule has 0 aliphatic carbocycles. The highest BCUT2D eigenvalue weighted by atomic mass is 32.1. The van der Waals surface area contributed by atoms with E-state index < -0.39 is 0 Å². The van der Waals surface area contributed by atoms with Crippen molar-refractivity contribution in [2.24, 2.45) is 0 Å². The monoisotopic (exact) mass is 390 g/mol. The van der Waals surface area contributed by atoms with Crippen LogP contribution in [0.5, 0.6) is 0 Å². The molecule has 28 heavy (non-hydrogen) atoms. The van der Waals surface area contributed by atoms with Crippen molar-refractivity contribution >= 4 is 28.5 Å². The van der Waals surface area contributed by atoms with Crippen molar-refractivity contribution in [1.29, 1.82) is 0 Å². The third-order valence-electron chi connectivity index (χ3n) is 4.60. The van der Waals surface area contributed by atoms with Crippen molar-refractivity contribution in [2.45, 2.75) is 40.0 Å². The molecule has 1 N–H and O–H groups in total. The van der Waals surface area contributed by atoms with Crippen LogP contribution >= 0.6 is 11.3 Å². The van der Waals surface area contributed by atoms with E-state index in [9.17, 15) is 4.79 Å².